The molecule has 0 saturated heterocycles. The lowest BCUT2D eigenvalue weighted by molar-refractivity contribution is -0.124. The minimum Gasteiger partial charge on any atom is -0.489 e. The van der Waals surface area contributed by atoms with Crippen molar-refractivity contribution in [2.45, 2.75) is 39.3 Å². The SMILES string of the molecule is CCC[C@H](C)NC(=O)COC(=O)c1oc2ccccc2c1COc1ccccc1. The summed E-state index contributed by atoms with van der Waals surface area (Å²) in [6.45, 7) is 3.75. The summed E-state index contributed by atoms with van der Waals surface area (Å²) in [6, 6.07) is 16.7. The van der Waals surface area contributed by atoms with E-state index in [0.717, 1.165) is 18.2 Å². The van der Waals surface area contributed by atoms with Crippen molar-refractivity contribution >= 4 is 22.8 Å². The fourth-order valence-electron chi connectivity index (χ4n) is 3.10. The van der Waals surface area contributed by atoms with Gasteiger partial charge in [-0.25, -0.2) is 4.79 Å². The molecule has 152 valence electrons. The molecule has 0 aliphatic carbocycles. The van der Waals surface area contributed by atoms with E-state index in [4.69, 9.17) is 13.9 Å². The number of rotatable bonds is 9. The third kappa shape index (κ3) is 5.38. The number of fused-ring (bicyclic) bond motifs is 1. The monoisotopic (exact) mass is 395 g/mol. The molecule has 0 spiro atoms. The van der Waals surface area contributed by atoms with Crippen molar-refractivity contribution in [3.05, 3.63) is 65.9 Å². The Morgan fingerprint density at radius 3 is 2.55 bits per heavy atom. The molecule has 0 unspecified atom stereocenters. The molecule has 29 heavy (non-hydrogen) atoms. The van der Waals surface area contributed by atoms with E-state index in [9.17, 15) is 9.59 Å². The van der Waals surface area contributed by atoms with Gasteiger partial charge in [-0.2, -0.15) is 0 Å². The Morgan fingerprint density at radius 1 is 1.07 bits per heavy atom. The third-order valence-corrected chi connectivity index (χ3v) is 4.47. The minimum absolute atomic E-state index is 0.0345. The van der Waals surface area contributed by atoms with Gasteiger partial charge in [0, 0.05) is 11.4 Å². The van der Waals surface area contributed by atoms with E-state index in [0.29, 0.717) is 16.9 Å². The van der Waals surface area contributed by atoms with Crippen LogP contribution in [0.15, 0.2) is 59.0 Å². The van der Waals surface area contributed by atoms with Gasteiger partial charge in [-0.1, -0.05) is 49.7 Å². The molecule has 1 heterocycles. The number of hydrogen-bond acceptors (Lipinski definition) is 5. The number of amides is 1. The van der Waals surface area contributed by atoms with Crippen molar-refractivity contribution < 1.29 is 23.5 Å². The largest absolute Gasteiger partial charge is 0.489 e. The number of ether oxygens (including phenoxy) is 2. The number of esters is 1. The summed E-state index contributed by atoms with van der Waals surface area (Å²) in [5.74, 6) is -0.290. The van der Waals surface area contributed by atoms with Crippen molar-refractivity contribution in [1.82, 2.24) is 5.32 Å². The van der Waals surface area contributed by atoms with Gasteiger partial charge >= 0.3 is 5.97 Å². The first-order valence-electron chi connectivity index (χ1n) is 9.73. The highest BCUT2D eigenvalue weighted by atomic mass is 16.5. The van der Waals surface area contributed by atoms with Crippen LogP contribution in [0, 0.1) is 0 Å². The summed E-state index contributed by atoms with van der Waals surface area (Å²) >= 11 is 0. The number of furan rings is 1. The normalized spacial score (nSPS) is 11.8. The van der Waals surface area contributed by atoms with Gasteiger partial charge in [0.2, 0.25) is 5.76 Å². The first-order valence-corrected chi connectivity index (χ1v) is 9.73. The average molecular weight is 395 g/mol. The Morgan fingerprint density at radius 2 is 1.79 bits per heavy atom. The maximum atomic E-state index is 12.6. The zero-order chi connectivity index (χ0) is 20.6. The van der Waals surface area contributed by atoms with E-state index >= 15 is 0 Å². The van der Waals surface area contributed by atoms with Crippen LogP contribution in [0.2, 0.25) is 0 Å². The van der Waals surface area contributed by atoms with Gasteiger partial charge in [-0.05, 0) is 31.5 Å². The van der Waals surface area contributed by atoms with Crippen LogP contribution in [0.1, 0.15) is 42.8 Å². The Hall–Kier alpha value is -3.28. The highest BCUT2D eigenvalue weighted by Crippen LogP contribution is 2.28. The van der Waals surface area contributed by atoms with E-state index < -0.39 is 5.97 Å². The predicted octanol–water partition coefficient (Wildman–Crippen LogP) is 4.47. The minimum atomic E-state index is -0.689. The summed E-state index contributed by atoms with van der Waals surface area (Å²) in [5, 5.41) is 3.58. The number of hydrogen-bond donors (Lipinski definition) is 1. The van der Waals surface area contributed by atoms with Crippen molar-refractivity contribution in [3.63, 3.8) is 0 Å². The molecule has 0 radical (unpaired) electrons. The van der Waals surface area contributed by atoms with Crippen molar-refractivity contribution in [1.29, 1.82) is 0 Å². The maximum Gasteiger partial charge on any atom is 0.375 e. The molecule has 1 amide bonds. The molecule has 1 N–H and O–H groups in total. The molecule has 3 aromatic rings. The zero-order valence-corrected chi connectivity index (χ0v) is 16.6. The lowest BCUT2D eigenvalue weighted by Crippen LogP contribution is -2.35. The lowest BCUT2D eigenvalue weighted by Gasteiger charge is -2.12. The van der Waals surface area contributed by atoms with Crippen molar-refractivity contribution in [2.75, 3.05) is 6.61 Å². The molecule has 1 atom stereocenters. The molecular weight excluding hydrogens is 370 g/mol. The van der Waals surface area contributed by atoms with Crippen LogP contribution in [0.4, 0.5) is 0 Å². The summed E-state index contributed by atoms with van der Waals surface area (Å²) < 4.78 is 16.7. The topological polar surface area (TPSA) is 77.8 Å². The number of para-hydroxylation sites is 2. The van der Waals surface area contributed by atoms with Crippen LogP contribution >= 0.6 is 0 Å². The molecule has 1 aromatic heterocycles. The molecule has 6 nitrogen and oxygen atoms in total. The van der Waals surface area contributed by atoms with Gasteiger partial charge in [0.1, 0.15) is 17.9 Å². The summed E-state index contributed by atoms with van der Waals surface area (Å²) in [4.78, 5) is 24.6. The molecule has 6 heteroatoms. The Balaban J connectivity index is 1.72. The summed E-state index contributed by atoms with van der Waals surface area (Å²) in [7, 11) is 0. The van der Waals surface area contributed by atoms with Crippen molar-refractivity contribution in [2.24, 2.45) is 0 Å². The zero-order valence-electron chi connectivity index (χ0n) is 16.6. The maximum absolute atomic E-state index is 12.6. The fourth-order valence-corrected chi connectivity index (χ4v) is 3.10. The van der Waals surface area contributed by atoms with E-state index in [2.05, 4.69) is 5.32 Å². The van der Waals surface area contributed by atoms with Crippen LogP contribution in [0.5, 0.6) is 5.75 Å². The van der Waals surface area contributed by atoms with Gasteiger partial charge in [-0.3, -0.25) is 4.79 Å². The van der Waals surface area contributed by atoms with Crippen LogP contribution in [-0.4, -0.2) is 24.5 Å². The Kier molecular flexibility index (Phi) is 6.89. The fraction of sp³-hybridized carbons (Fsp3) is 0.304. The van der Waals surface area contributed by atoms with Crippen molar-refractivity contribution in [3.8, 4) is 5.75 Å². The summed E-state index contributed by atoms with van der Waals surface area (Å²) in [5.41, 5.74) is 1.15. The van der Waals surface area contributed by atoms with Crippen LogP contribution < -0.4 is 10.1 Å². The van der Waals surface area contributed by atoms with E-state index in [1.54, 1.807) is 6.07 Å². The van der Waals surface area contributed by atoms with Crippen LogP contribution in [0.3, 0.4) is 0 Å². The van der Waals surface area contributed by atoms with E-state index in [1.807, 2.05) is 62.4 Å². The second-order valence-corrected chi connectivity index (χ2v) is 6.84. The van der Waals surface area contributed by atoms with Gasteiger partial charge in [0.15, 0.2) is 6.61 Å². The molecule has 0 fully saturated rings. The predicted molar refractivity (Wildman–Crippen MR) is 110 cm³/mol. The molecule has 0 aliphatic heterocycles. The molecule has 0 saturated carbocycles. The number of benzene rings is 2. The highest BCUT2D eigenvalue weighted by Gasteiger charge is 2.23. The number of carbonyl (C=O) groups is 2. The molecule has 0 bridgehead atoms. The van der Waals surface area contributed by atoms with E-state index in [1.165, 1.54) is 0 Å². The number of nitrogens with one attached hydrogen (secondary N) is 1. The Bertz CT molecular complexity index is 964. The molecule has 0 aliphatic rings. The summed E-state index contributed by atoms with van der Waals surface area (Å²) in [6.07, 6.45) is 1.83. The van der Waals surface area contributed by atoms with E-state index in [-0.39, 0.29) is 30.9 Å². The molecule has 3 rings (SSSR count). The lowest BCUT2D eigenvalue weighted by atomic mass is 10.1. The average Bonchev–Trinajstić information content (AvgIpc) is 3.10. The van der Waals surface area contributed by atoms with Gasteiger partial charge in [0.25, 0.3) is 5.91 Å². The second-order valence-electron chi connectivity index (χ2n) is 6.84. The van der Waals surface area contributed by atoms with Crippen LogP contribution in [0.25, 0.3) is 11.0 Å². The van der Waals surface area contributed by atoms with Crippen LogP contribution in [-0.2, 0) is 16.1 Å². The standard InChI is InChI=1S/C23H25NO5/c1-3-9-16(2)24-21(25)15-28-23(26)22-19(14-27-17-10-5-4-6-11-17)18-12-7-8-13-20(18)29-22/h4-8,10-13,16H,3,9,14-15H2,1-2H3,(H,24,25)/t16-/m0/s1. The highest BCUT2D eigenvalue weighted by molar-refractivity contribution is 5.96. The number of carbonyl (C=O) groups excluding carboxylic acids is 2. The smallest absolute Gasteiger partial charge is 0.375 e. The first kappa shape index (κ1) is 20.5. The quantitative estimate of drug-likeness (QED) is 0.541. The van der Waals surface area contributed by atoms with Gasteiger partial charge in [-0.15, -0.1) is 0 Å². The first-order chi connectivity index (χ1) is 14.1. The Labute approximate surface area is 169 Å². The molecule has 2 aromatic carbocycles. The molecular formula is C23H25NO5. The third-order valence-electron chi connectivity index (χ3n) is 4.47. The second kappa shape index (κ2) is 9.78. The van der Waals surface area contributed by atoms with Gasteiger partial charge < -0.3 is 19.2 Å². The van der Waals surface area contributed by atoms with Gasteiger partial charge in [0.05, 0.1) is 5.56 Å².